The second-order valence-electron chi connectivity index (χ2n) is 8.65. The minimum Gasteiger partial charge on any atom is -0.354 e. The van der Waals surface area contributed by atoms with Crippen LogP contribution in [0.5, 0.6) is 0 Å². The highest BCUT2D eigenvalue weighted by atomic mass is 16.2. The van der Waals surface area contributed by atoms with Crippen LogP contribution in [0.3, 0.4) is 0 Å². The van der Waals surface area contributed by atoms with E-state index in [1.165, 1.54) is 0 Å². The highest BCUT2D eigenvalue weighted by molar-refractivity contribution is 5.92. The van der Waals surface area contributed by atoms with Crippen LogP contribution < -0.4 is 10.6 Å². The van der Waals surface area contributed by atoms with Gasteiger partial charge in [0, 0.05) is 26.4 Å². The molecule has 3 amide bonds. The quantitative estimate of drug-likeness (QED) is 0.361. The largest absolute Gasteiger partial charge is 0.354 e. The van der Waals surface area contributed by atoms with Gasteiger partial charge in [0.25, 0.3) is 0 Å². The summed E-state index contributed by atoms with van der Waals surface area (Å²) in [5.41, 5.74) is 0.986. The Morgan fingerprint density at radius 3 is 2.62 bits per heavy atom. The van der Waals surface area contributed by atoms with Gasteiger partial charge in [0.05, 0.1) is 0 Å². The van der Waals surface area contributed by atoms with Gasteiger partial charge >= 0.3 is 0 Å². The van der Waals surface area contributed by atoms with E-state index in [9.17, 15) is 14.4 Å². The summed E-state index contributed by atoms with van der Waals surface area (Å²) in [5, 5.41) is 5.76. The van der Waals surface area contributed by atoms with Crippen molar-refractivity contribution < 1.29 is 14.4 Å². The van der Waals surface area contributed by atoms with Gasteiger partial charge in [-0.25, -0.2) is 0 Å². The normalized spacial score (nSPS) is 17.0. The van der Waals surface area contributed by atoms with E-state index in [4.69, 9.17) is 0 Å². The Hall–Kier alpha value is -2.63. The van der Waals surface area contributed by atoms with Crippen molar-refractivity contribution in [1.82, 2.24) is 15.5 Å². The Kier molecular flexibility index (Phi) is 11.6. The molecule has 1 saturated heterocycles. The number of unbranched alkanes of at least 4 members (excludes halogenated alkanes) is 5. The Bertz CT molecular complexity index is 735. The third-order valence-corrected chi connectivity index (χ3v) is 6.09. The topological polar surface area (TPSA) is 78.5 Å². The molecule has 176 valence electrons. The molecule has 2 rings (SSSR count). The van der Waals surface area contributed by atoms with Crippen molar-refractivity contribution in [1.29, 1.82) is 0 Å². The lowest BCUT2D eigenvalue weighted by Crippen LogP contribution is -2.54. The number of benzene rings is 1. The molecule has 0 spiro atoms. The van der Waals surface area contributed by atoms with Crippen molar-refractivity contribution in [3.05, 3.63) is 48.6 Å². The summed E-state index contributed by atoms with van der Waals surface area (Å²) < 4.78 is 0. The summed E-state index contributed by atoms with van der Waals surface area (Å²) in [7, 11) is 1.70. The van der Waals surface area contributed by atoms with Crippen LogP contribution in [0.2, 0.25) is 0 Å². The minimum atomic E-state index is -0.645. The van der Waals surface area contributed by atoms with Crippen molar-refractivity contribution in [2.75, 3.05) is 13.6 Å². The van der Waals surface area contributed by atoms with Crippen LogP contribution in [-0.2, 0) is 20.8 Å². The number of rotatable bonds is 13. The molecular formula is C26H39N3O3. The van der Waals surface area contributed by atoms with Crippen LogP contribution in [0.25, 0.3) is 0 Å². The van der Waals surface area contributed by atoms with Gasteiger partial charge in [0.2, 0.25) is 17.7 Å². The first-order valence-electron chi connectivity index (χ1n) is 12.0. The number of carbonyl (C=O) groups is 3. The van der Waals surface area contributed by atoms with E-state index in [0.29, 0.717) is 25.8 Å². The minimum absolute atomic E-state index is 0.0301. The predicted octanol–water partition coefficient (Wildman–Crippen LogP) is 3.76. The molecule has 0 aliphatic carbocycles. The van der Waals surface area contributed by atoms with Gasteiger partial charge in [-0.15, -0.1) is 6.58 Å². The molecule has 0 radical (unpaired) electrons. The molecule has 0 aromatic heterocycles. The molecule has 0 bridgehead atoms. The molecular weight excluding hydrogens is 402 g/mol. The maximum atomic E-state index is 13.2. The first-order chi connectivity index (χ1) is 15.5. The van der Waals surface area contributed by atoms with Gasteiger partial charge in [-0.05, 0) is 44.1 Å². The Morgan fingerprint density at radius 1 is 1.16 bits per heavy atom. The van der Waals surface area contributed by atoms with E-state index in [1.54, 1.807) is 11.9 Å². The third kappa shape index (κ3) is 8.85. The Labute approximate surface area is 192 Å². The number of hydrogen-bond donors (Lipinski definition) is 2. The molecule has 1 aromatic rings. The molecule has 32 heavy (non-hydrogen) atoms. The fourth-order valence-electron chi connectivity index (χ4n) is 4.03. The van der Waals surface area contributed by atoms with Crippen molar-refractivity contribution in [2.24, 2.45) is 0 Å². The second-order valence-corrected chi connectivity index (χ2v) is 8.65. The van der Waals surface area contributed by atoms with E-state index < -0.39 is 12.1 Å². The number of allylic oxidation sites excluding steroid dienone is 1. The maximum absolute atomic E-state index is 13.2. The lowest BCUT2D eigenvalue weighted by atomic mass is 10.0. The van der Waals surface area contributed by atoms with Crippen molar-refractivity contribution in [3.8, 4) is 0 Å². The summed E-state index contributed by atoms with van der Waals surface area (Å²) in [5.74, 6) is -0.437. The summed E-state index contributed by atoms with van der Waals surface area (Å²) in [4.78, 5) is 39.9. The summed E-state index contributed by atoms with van der Waals surface area (Å²) >= 11 is 0. The molecule has 0 saturated carbocycles. The van der Waals surface area contributed by atoms with E-state index in [0.717, 1.165) is 56.9 Å². The number of amides is 3. The summed E-state index contributed by atoms with van der Waals surface area (Å²) in [6, 6.07) is 8.52. The summed E-state index contributed by atoms with van der Waals surface area (Å²) in [6.45, 7) is 4.38. The zero-order chi connectivity index (χ0) is 23.2. The van der Waals surface area contributed by atoms with Gasteiger partial charge in [-0.2, -0.15) is 0 Å². The van der Waals surface area contributed by atoms with Crippen LogP contribution in [-0.4, -0.2) is 48.3 Å². The average Bonchev–Trinajstić information content (AvgIpc) is 3.00. The van der Waals surface area contributed by atoms with Crippen molar-refractivity contribution in [2.45, 2.75) is 82.7 Å². The first kappa shape index (κ1) is 25.6. The zero-order valence-corrected chi connectivity index (χ0v) is 19.5. The van der Waals surface area contributed by atoms with Crippen LogP contribution in [0.15, 0.2) is 43.0 Å². The number of nitrogens with one attached hydrogen (secondary N) is 2. The molecule has 2 atom stereocenters. The van der Waals surface area contributed by atoms with Gasteiger partial charge < -0.3 is 15.5 Å². The fourth-order valence-corrected chi connectivity index (χ4v) is 4.03. The molecule has 6 nitrogen and oxygen atoms in total. The van der Waals surface area contributed by atoms with Crippen LogP contribution >= 0.6 is 0 Å². The highest BCUT2D eigenvalue weighted by Gasteiger charge is 2.30. The number of likely N-dealkylation sites (N-methyl/N-ethyl adjacent to an activating group) is 1. The third-order valence-electron chi connectivity index (χ3n) is 6.09. The maximum Gasteiger partial charge on any atom is 0.243 e. The van der Waals surface area contributed by atoms with E-state index in [-0.39, 0.29) is 17.7 Å². The van der Waals surface area contributed by atoms with Crippen molar-refractivity contribution in [3.63, 3.8) is 0 Å². The molecule has 0 unspecified atom stereocenters. The fraction of sp³-hybridized carbons (Fsp3) is 0.577. The van der Waals surface area contributed by atoms with Crippen LogP contribution in [0.1, 0.15) is 69.8 Å². The molecule has 6 heteroatoms. The van der Waals surface area contributed by atoms with Gasteiger partial charge in [-0.1, -0.05) is 55.7 Å². The lowest BCUT2D eigenvalue weighted by molar-refractivity contribution is -0.140. The Morgan fingerprint density at radius 2 is 1.88 bits per heavy atom. The monoisotopic (exact) mass is 441 g/mol. The average molecular weight is 442 g/mol. The lowest BCUT2D eigenvalue weighted by Gasteiger charge is -2.29. The SMILES string of the molecule is C=CCCCCCCCC(=O)N(C)[C@H](Cc1ccccc1)C(=O)N[C@@H]1CCCCNC1=O. The van der Waals surface area contributed by atoms with Crippen LogP contribution in [0, 0.1) is 0 Å². The highest BCUT2D eigenvalue weighted by Crippen LogP contribution is 2.14. The molecule has 2 N–H and O–H groups in total. The number of nitrogens with zero attached hydrogens (tertiary/aromatic N) is 1. The summed E-state index contributed by atoms with van der Waals surface area (Å²) in [6.07, 6.45) is 11.5. The Balaban J connectivity index is 1.96. The zero-order valence-electron chi connectivity index (χ0n) is 19.5. The smallest absolute Gasteiger partial charge is 0.243 e. The standard InChI is InChI=1S/C26H39N3O3/c1-3-4-5-6-7-8-12-18-24(30)29(2)23(20-21-15-10-9-11-16-21)26(32)28-22-17-13-14-19-27-25(22)31/h3,9-11,15-16,22-23H,1,4-8,12-14,17-20H2,2H3,(H,27,31)(H,28,32)/t22-,23-/m1/s1. The van der Waals surface area contributed by atoms with Crippen LogP contribution in [0.4, 0.5) is 0 Å². The van der Waals surface area contributed by atoms with E-state index in [1.807, 2.05) is 36.4 Å². The van der Waals surface area contributed by atoms with Gasteiger partial charge in [0.1, 0.15) is 12.1 Å². The van der Waals surface area contributed by atoms with E-state index >= 15 is 0 Å². The van der Waals surface area contributed by atoms with E-state index in [2.05, 4.69) is 17.2 Å². The number of carbonyl (C=O) groups excluding carboxylic acids is 3. The molecule has 1 aliphatic heterocycles. The molecule has 1 aliphatic rings. The number of hydrogen-bond acceptors (Lipinski definition) is 3. The second kappa shape index (κ2) is 14.4. The predicted molar refractivity (Wildman–Crippen MR) is 128 cm³/mol. The van der Waals surface area contributed by atoms with Gasteiger partial charge in [0.15, 0.2) is 0 Å². The molecule has 1 heterocycles. The molecule has 1 fully saturated rings. The first-order valence-corrected chi connectivity index (χ1v) is 12.0. The van der Waals surface area contributed by atoms with Crippen molar-refractivity contribution >= 4 is 17.7 Å². The molecule has 1 aromatic carbocycles. The van der Waals surface area contributed by atoms with Gasteiger partial charge in [-0.3, -0.25) is 14.4 Å².